The lowest BCUT2D eigenvalue weighted by Crippen LogP contribution is -2.27. The highest BCUT2D eigenvalue weighted by Gasteiger charge is 2.20. The molecule has 8 heteroatoms. The number of hydrogen-bond acceptors (Lipinski definition) is 5. The Balaban J connectivity index is 1.98. The predicted molar refractivity (Wildman–Crippen MR) is 113 cm³/mol. The molecule has 0 fully saturated rings. The third-order valence-electron chi connectivity index (χ3n) is 4.54. The fraction of sp³-hybridized carbons (Fsp3) is 0.182. The van der Waals surface area contributed by atoms with E-state index in [4.69, 9.17) is 0 Å². The van der Waals surface area contributed by atoms with Gasteiger partial charge < -0.3 is 15.3 Å². The molecule has 3 rings (SSSR count). The summed E-state index contributed by atoms with van der Waals surface area (Å²) in [5.41, 5.74) is 1.74. The second kappa shape index (κ2) is 8.20. The van der Waals surface area contributed by atoms with Crippen molar-refractivity contribution in [1.82, 2.24) is 14.7 Å². The molecule has 0 aliphatic heterocycles. The van der Waals surface area contributed by atoms with Gasteiger partial charge >= 0.3 is 0 Å². The maximum Gasteiger partial charge on any atom is 0.276 e. The van der Waals surface area contributed by atoms with E-state index in [1.54, 1.807) is 39.2 Å². The van der Waals surface area contributed by atoms with Crippen molar-refractivity contribution < 1.29 is 14.7 Å². The molecular formula is C22H22N4O4. The topological polar surface area (TPSA) is 105 Å². The number of aromatic hydroxyl groups is 1. The van der Waals surface area contributed by atoms with E-state index in [1.165, 1.54) is 23.1 Å². The molecule has 0 radical (unpaired) electrons. The molecule has 1 heterocycles. The van der Waals surface area contributed by atoms with Crippen LogP contribution in [0.5, 0.6) is 5.75 Å². The molecule has 0 saturated carbocycles. The minimum Gasteiger partial charge on any atom is -0.505 e. The number of nitrogens with one attached hydrogen (secondary N) is 1. The SMILES string of the molecule is Cc1ccc(-n2nc(C(=O)Nc3cccc(C(=O)N(C)C)c3O)c(C)cc2=O)cc1. The highest BCUT2D eigenvalue weighted by atomic mass is 16.3. The van der Waals surface area contributed by atoms with Gasteiger partial charge in [-0.25, -0.2) is 0 Å². The van der Waals surface area contributed by atoms with E-state index in [0.29, 0.717) is 11.3 Å². The molecule has 2 N–H and O–H groups in total. The zero-order valence-electron chi connectivity index (χ0n) is 17.1. The van der Waals surface area contributed by atoms with E-state index in [2.05, 4.69) is 10.4 Å². The van der Waals surface area contributed by atoms with Crippen LogP contribution in [-0.4, -0.2) is 45.7 Å². The number of rotatable bonds is 4. The molecule has 3 aromatic rings. The van der Waals surface area contributed by atoms with Gasteiger partial charge in [-0.3, -0.25) is 14.4 Å². The fourth-order valence-electron chi connectivity index (χ4n) is 2.88. The Morgan fingerprint density at radius 2 is 1.73 bits per heavy atom. The van der Waals surface area contributed by atoms with Gasteiger partial charge in [-0.1, -0.05) is 23.8 Å². The molecule has 0 spiro atoms. The maximum absolute atomic E-state index is 12.9. The van der Waals surface area contributed by atoms with E-state index in [-0.39, 0.29) is 28.3 Å². The number of phenolic OH excluding ortho intramolecular Hbond substituents is 1. The Bertz CT molecular complexity index is 1180. The lowest BCUT2D eigenvalue weighted by molar-refractivity contribution is 0.0824. The number of para-hydroxylation sites is 1. The van der Waals surface area contributed by atoms with E-state index >= 15 is 0 Å². The first-order chi connectivity index (χ1) is 14.2. The van der Waals surface area contributed by atoms with Crippen molar-refractivity contribution in [2.75, 3.05) is 19.4 Å². The summed E-state index contributed by atoms with van der Waals surface area (Å²) in [6.45, 7) is 3.53. The first kappa shape index (κ1) is 20.8. The van der Waals surface area contributed by atoms with Crippen LogP contribution in [0.1, 0.15) is 32.0 Å². The van der Waals surface area contributed by atoms with Gasteiger partial charge in [0.15, 0.2) is 11.4 Å². The van der Waals surface area contributed by atoms with Crippen molar-refractivity contribution in [3.05, 3.63) is 81.3 Å². The second-order valence-electron chi connectivity index (χ2n) is 7.12. The van der Waals surface area contributed by atoms with Gasteiger partial charge in [-0.05, 0) is 43.7 Å². The summed E-state index contributed by atoms with van der Waals surface area (Å²) in [6, 6.07) is 13.0. The van der Waals surface area contributed by atoms with Crippen LogP contribution >= 0.6 is 0 Å². The molecule has 30 heavy (non-hydrogen) atoms. The highest BCUT2D eigenvalue weighted by molar-refractivity contribution is 6.06. The van der Waals surface area contributed by atoms with Crippen molar-refractivity contribution in [2.45, 2.75) is 13.8 Å². The largest absolute Gasteiger partial charge is 0.505 e. The monoisotopic (exact) mass is 406 g/mol. The fourth-order valence-corrected chi connectivity index (χ4v) is 2.88. The number of hydrogen-bond donors (Lipinski definition) is 2. The van der Waals surface area contributed by atoms with Crippen molar-refractivity contribution >= 4 is 17.5 Å². The molecule has 1 aromatic heterocycles. The highest BCUT2D eigenvalue weighted by Crippen LogP contribution is 2.28. The van der Waals surface area contributed by atoms with Gasteiger partial charge in [-0.2, -0.15) is 9.78 Å². The van der Waals surface area contributed by atoms with Gasteiger partial charge in [0.25, 0.3) is 17.4 Å². The van der Waals surface area contributed by atoms with Gasteiger partial charge in [-0.15, -0.1) is 0 Å². The third-order valence-corrected chi connectivity index (χ3v) is 4.54. The van der Waals surface area contributed by atoms with Crippen LogP contribution in [0.15, 0.2) is 53.3 Å². The zero-order valence-corrected chi connectivity index (χ0v) is 17.1. The molecular weight excluding hydrogens is 384 g/mol. The summed E-state index contributed by atoms with van der Waals surface area (Å²) in [4.78, 5) is 38.8. The van der Waals surface area contributed by atoms with Crippen molar-refractivity contribution in [3.8, 4) is 11.4 Å². The average Bonchev–Trinajstić information content (AvgIpc) is 2.70. The Hall–Kier alpha value is -3.94. The summed E-state index contributed by atoms with van der Waals surface area (Å²) >= 11 is 0. The summed E-state index contributed by atoms with van der Waals surface area (Å²) in [7, 11) is 3.13. The molecule has 8 nitrogen and oxygen atoms in total. The molecule has 0 unspecified atom stereocenters. The zero-order chi connectivity index (χ0) is 22.0. The smallest absolute Gasteiger partial charge is 0.276 e. The van der Waals surface area contributed by atoms with Crippen LogP contribution in [-0.2, 0) is 0 Å². The van der Waals surface area contributed by atoms with Gasteiger partial charge in [0, 0.05) is 20.2 Å². The molecule has 0 atom stereocenters. The first-order valence-electron chi connectivity index (χ1n) is 9.22. The summed E-state index contributed by atoms with van der Waals surface area (Å²) in [5.74, 6) is -1.35. The van der Waals surface area contributed by atoms with Crippen LogP contribution in [0.3, 0.4) is 0 Å². The Labute approximate surface area is 173 Å². The van der Waals surface area contributed by atoms with Crippen LogP contribution < -0.4 is 10.9 Å². The van der Waals surface area contributed by atoms with Gasteiger partial charge in [0.1, 0.15) is 0 Å². The molecule has 0 aliphatic rings. The minimum atomic E-state index is -0.613. The van der Waals surface area contributed by atoms with Crippen molar-refractivity contribution in [3.63, 3.8) is 0 Å². The summed E-state index contributed by atoms with van der Waals surface area (Å²) in [6.07, 6.45) is 0. The number of anilines is 1. The normalized spacial score (nSPS) is 10.5. The molecule has 2 amide bonds. The number of aryl methyl sites for hydroxylation is 2. The third kappa shape index (κ3) is 4.07. The standard InChI is InChI=1S/C22H22N4O4/c1-13-8-10-15(11-9-13)26-18(27)12-14(2)19(24-26)21(29)23-17-7-5-6-16(20(17)28)22(30)25(3)4/h5-12,28H,1-4H3,(H,23,29). The van der Waals surface area contributed by atoms with E-state index in [1.807, 2.05) is 19.1 Å². The lowest BCUT2D eigenvalue weighted by Gasteiger charge is -2.15. The van der Waals surface area contributed by atoms with E-state index in [9.17, 15) is 19.5 Å². The Morgan fingerprint density at radius 1 is 1.07 bits per heavy atom. The van der Waals surface area contributed by atoms with E-state index < -0.39 is 11.8 Å². The Morgan fingerprint density at radius 3 is 2.37 bits per heavy atom. The second-order valence-corrected chi connectivity index (χ2v) is 7.12. The number of benzene rings is 2. The number of aromatic nitrogens is 2. The van der Waals surface area contributed by atoms with E-state index in [0.717, 1.165) is 10.2 Å². The number of phenols is 1. The van der Waals surface area contributed by atoms with Crippen molar-refractivity contribution in [2.24, 2.45) is 0 Å². The van der Waals surface area contributed by atoms with Crippen molar-refractivity contribution in [1.29, 1.82) is 0 Å². The average molecular weight is 406 g/mol. The number of carbonyl (C=O) groups is 2. The molecule has 0 aliphatic carbocycles. The molecule has 154 valence electrons. The Kier molecular flexibility index (Phi) is 5.68. The summed E-state index contributed by atoms with van der Waals surface area (Å²) < 4.78 is 1.15. The van der Waals surface area contributed by atoms with Crippen LogP contribution in [0.2, 0.25) is 0 Å². The predicted octanol–water partition coefficient (Wildman–Crippen LogP) is 2.51. The lowest BCUT2D eigenvalue weighted by atomic mass is 10.1. The van der Waals surface area contributed by atoms with Crippen LogP contribution in [0, 0.1) is 13.8 Å². The summed E-state index contributed by atoms with van der Waals surface area (Å²) in [5, 5.41) is 17.2. The van der Waals surface area contributed by atoms with Gasteiger partial charge in [0.05, 0.1) is 16.9 Å². The van der Waals surface area contributed by atoms with Crippen LogP contribution in [0.4, 0.5) is 5.69 Å². The number of carbonyl (C=O) groups excluding carboxylic acids is 2. The molecule has 0 saturated heterocycles. The number of nitrogens with zero attached hydrogens (tertiary/aromatic N) is 3. The van der Waals surface area contributed by atoms with Crippen LogP contribution in [0.25, 0.3) is 5.69 Å². The molecule has 0 bridgehead atoms. The first-order valence-corrected chi connectivity index (χ1v) is 9.22. The molecule has 2 aromatic carbocycles. The minimum absolute atomic E-state index is 0.0268. The van der Waals surface area contributed by atoms with Gasteiger partial charge in [0.2, 0.25) is 0 Å². The quantitative estimate of drug-likeness (QED) is 0.648. The number of amides is 2. The maximum atomic E-state index is 12.9.